The summed E-state index contributed by atoms with van der Waals surface area (Å²) in [4.78, 5) is 24.1. The molecule has 0 saturated heterocycles. The first-order valence-corrected chi connectivity index (χ1v) is 12.2. The van der Waals surface area contributed by atoms with Crippen LogP contribution in [0.4, 0.5) is 5.69 Å². The second-order valence-corrected chi connectivity index (χ2v) is 9.19. The topological polar surface area (TPSA) is 134 Å². The number of hydrogen-bond acceptors (Lipinski definition) is 8. The third-order valence-electron chi connectivity index (χ3n) is 4.43. The molecule has 1 atom stereocenters. The van der Waals surface area contributed by atoms with E-state index >= 15 is 0 Å². The van der Waals surface area contributed by atoms with Gasteiger partial charge >= 0.3 is 11.9 Å². The molecule has 0 radical (unpaired) electrons. The number of esters is 2. The monoisotopic (exact) mass is 478 g/mol. The van der Waals surface area contributed by atoms with Crippen LogP contribution in [0.5, 0.6) is 11.5 Å². The van der Waals surface area contributed by atoms with Gasteiger partial charge in [0.05, 0.1) is 17.2 Å². The fraction of sp³-hybridized carbons (Fsp3) is 0.391. The number of ether oxygens (including phenoxy) is 3. The van der Waals surface area contributed by atoms with Gasteiger partial charge in [-0.1, -0.05) is 45.4 Å². The van der Waals surface area contributed by atoms with E-state index in [2.05, 4.69) is 5.32 Å². The first kappa shape index (κ1) is 26.1. The van der Waals surface area contributed by atoms with Gasteiger partial charge in [-0.15, -0.1) is 0 Å². The lowest BCUT2D eigenvalue weighted by atomic mass is 10.1. The maximum absolute atomic E-state index is 12.7. The second-order valence-electron chi connectivity index (χ2n) is 7.66. The van der Waals surface area contributed by atoms with Crippen LogP contribution in [0.25, 0.3) is 0 Å². The highest BCUT2D eigenvalue weighted by molar-refractivity contribution is 7.89. The fourth-order valence-electron chi connectivity index (χ4n) is 2.72. The van der Waals surface area contributed by atoms with Crippen molar-refractivity contribution < 1.29 is 32.2 Å². The molecule has 180 valence electrons. The van der Waals surface area contributed by atoms with Gasteiger partial charge in [-0.3, -0.25) is 4.79 Å². The maximum atomic E-state index is 12.7. The first-order chi connectivity index (χ1) is 15.5. The Bertz CT molecular complexity index is 1070. The van der Waals surface area contributed by atoms with Crippen molar-refractivity contribution in [3.8, 4) is 11.5 Å². The predicted molar refractivity (Wildman–Crippen MR) is 124 cm³/mol. The van der Waals surface area contributed by atoms with Crippen LogP contribution in [0.1, 0.15) is 50.9 Å². The number of anilines is 1. The van der Waals surface area contributed by atoms with Crippen LogP contribution in [-0.2, 0) is 24.3 Å². The minimum absolute atomic E-state index is 0.0318. The minimum Gasteiger partial charge on any atom is -0.454 e. The van der Waals surface area contributed by atoms with Crippen molar-refractivity contribution in [1.29, 1.82) is 0 Å². The molecule has 2 aromatic rings. The minimum atomic E-state index is -4.28. The number of para-hydroxylation sites is 1. The lowest BCUT2D eigenvalue weighted by Crippen LogP contribution is -2.24. The van der Waals surface area contributed by atoms with Gasteiger partial charge in [-0.2, -0.15) is 0 Å². The molecule has 3 N–H and O–H groups in total. The van der Waals surface area contributed by atoms with Crippen molar-refractivity contribution in [2.24, 2.45) is 11.1 Å². The van der Waals surface area contributed by atoms with E-state index in [0.29, 0.717) is 12.3 Å². The summed E-state index contributed by atoms with van der Waals surface area (Å²) < 4.78 is 40.9. The second kappa shape index (κ2) is 11.7. The Labute approximate surface area is 194 Å². The largest absolute Gasteiger partial charge is 0.454 e. The Hall–Kier alpha value is -3.11. The van der Waals surface area contributed by atoms with E-state index in [-0.39, 0.29) is 21.9 Å². The highest BCUT2D eigenvalue weighted by atomic mass is 32.2. The molecule has 0 amide bonds. The normalized spacial score (nSPS) is 12.2. The summed E-state index contributed by atoms with van der Waals surface area (Å²) in [5.41, 5.74) is 0.170. The summed E-state index contributed by atoms with van der Waals surface area (Å²) in [6.07, 6.45) is 0.526. The predicted octanol–water partition coefficient (Wildman–Crippen LogP) is 4.04. The van der Waals surface area contributed by atoms with Crippen molar-refractivity contribution in [2.75, 3.05) is 11.9 Å². The third kappa shape index (κ3) is 7.76. The van der Waals surface area contributed by atoms with Gasteiger partial charge in [-0.05, 0) is 30.7 Å². The summed E-state index contributed by atoms with van der Waals surface area (Å²) >= 11 is 0. The zero-order valence-electron chi connectivity index (χ0n) is 19.2. The average Bonchev–Trinajstić information content (AvgIpc) is 2.74. The SMILES string of the molecule is CCCCNc1cc(C(=O)OC(C)OC(=O)C(C)C)cc(S(N)(=O)=O)c1Oc1ccccc1. The molecule has 0 aliphatic carbocycles. The Morgan fingerprint density at radius 2 is 1.73 bits per heavy atom. The molecule has 0 spiro atoms. The van der Waals surface area contributed by atoms with E-state index in [0.717, 1.165) is 18.9 Å². The number of hydrogen-bond donors (Lipinski definition) is 2. The number of carbonyl (C=O) groups is 2. The summed E-state index contributed by atoms with van der Waals surface area (Å²) in [5, 5.41) is 8.55. The number of carbonyl (C=O) groups excluding carboxylic acids is 2. The van der Waals surface area contributed by atoms with Crippen molar-refractivity contribution in [3.63, 3.8) is 0 Å². The molecular formula is C23H30N2O7S. The number of sulfonamides is 1. The molecular weight excluding hydrogens is 448 g/mol. The lowest BCUT2D eigenvalue weighted by Gasteiger charge is -2.19. The Morgan fingerprint density at radius 1 is 1.06 bits per heavy atom. The molecule has 0 bridgehead atoms. The molecule has 0 aliphatic heterocycles. The van der Waals surface area contributed by atoms with E-state index in [1.165, 1.54) is 13.0 Å². The molecule has 1 unspecified atom stereocenters. The number of rotatable bonds is 11. The molecule has 2 aromatic carbocycles. The van der Waals surface area contributed by atoms with E-state index in [1.54, 1.807) is 44.2 Å². The zero-order chi connectivity index (χ0) is 24.6. The number of nitrogens with two attached hydrogens (primary N) is 1. The highest BCUT2D eigenvalue weighted by Crippen LogP contribution is 2.37. The fourth-order valence-corrected chi connectivity index (χ4v) is 3.42. The zero-order valence-corrected chi connectivity index (χ0v) is 20.0. The van der Waals surface area contributed by atoms with Crippen molar-refractivity contribution in [3.05, 3.63) is 48.0 Å². The molecule has 10 heteroatoms. The van der Waals surface area contributed by atoms with Gasteiger partial charge in [0.2, 0.25) is 16.3 Å². The Morgan fingerprint density at radius 3 is 2.30 bits per heavy atom. The molecule has 0 fully saturated rings. The van der Waals surface area contributed by atoms with Gasteiger partial charge in [0, 0.05) is 13.5 Å². The summed E-state index contributed by atoms with van der Waals surface area (Å²) in [7, 11) is -4.28. The molecule has 0 heterocycles. The standard InChI is InChI=1S/C23H30N2O7S/c1-5-6-12-25-19-13-17(23(27)31-16(4)30-22(26)15(2)3)14-20(33(24,28)29)21(19)32-18-10-8-7-9-11-18/h7-11,13-16,25H,5-6,12H2,1-4H3,(H2,24,28,29). The summed E-state index contributed by atoms with van der Waals surface area (Å²) in [6, 6.07) is 11.1. The van der Waals surface area contributed by atoms with Crippen LogP contribution in [0, 0.1) is 5.92 Å². The van der Waals surface area contributed by atoms with Crippen molar-refractivity contribution >= 4 is 27.6 Å². The highest BCUT2D eigenvalue weighted by Gasteiger charge is 2.25. The van der Waals surface area contributed by atoms with Gasteiger partial charge in [-0.25, -0.2) is 18.4 Å². The van der Waals surface area contributed by atoms with Crippen LogP contribution in [0.2, 0.25) is 0 Å². The Kier molecular flexibility index (Phi) is 9.24. The number of benzene rings is 2. The van der Waals surface area contributed by atoms with Crippen molar-refractivity contribution in [2.45, 2.75) is 51.7 Å². The summed E-state index contributed by atoms with van der Waals surface area (Å²) in [5.74, 6) is -1.45. The molecule has 0 saturated carbocycles. The van der Waals surface area contributed by atoms with E-state index in [4.69, 9.17) is 19.3 Å². The molecule has 0 aromatic heterocycles. The quantitative estimate of drug-likeness (QED) is 0.281. The third-order valence-corrected chi connectivity index (χ3v) is 5.35. The first-order valence-electron chi connectivity index (χ1n) is 10.6. The smallest absolute Gasteiger partial charge is 0.341 e. The molecule has 0 aliphatic rings. The van der Waals surface area contributed by atoms with Crippen LogP contribution < -0.4 is 15.2 Å². The Balaban J connectivity index is 2.46. The van der Waals surface area contributed by atoms with E-state index in [9.17, 15) is 18.0 Å². The van der Waals surface area contributed by atoms with Crippen molar-refractivity contribution in [1.82, 2.24) is 0 Å². The molecule has 33 heavy (non-hydrogen) atoms. The van der Waals surface area contributed by atoms with Gasteiger partial charge in [0.25, 0.3) is 0 Å². The average molecular weight is 479 g/mol. The van der Waals surface area contributed by atoms with Gasteiger partial charge < -0.3 is 19.5 Å². The van der Waals surface area contributed by atoms with E-state index in [1.807, 2.05) is 6.92 Å². The van der Waals surface area contributed by atoms with E-state index < -0.39 is 34.2 Å². The van der Waals surface area contributed by atoms with Gasteiger partial charge in [0.1, 0.15) is 10.6 Å². The number of nitrogens with one attached hydrogen (secondary N) is 1. The number of primary sulfonamides is 1. The van der Waals surface area contributed by atoms with Crippen LogP contribution >= 0.6 is 0 Å². The van der Waals surface area contributed by atoms with Crippen LogP contribution in [-0.4, -0.2) is 33.2 Å². The summed E-state index contributed by atoms with van der Waals surface area (Å²) in [6.45, 7) is 7.20. The molecule has 9 nitrogen and oxygen atoms in total. The molecule has 2 rings (SSSR count). The van der Waals surface area contributed by atoms with Crippen LogP contribution in [0.15, 0.2) is 47.4 Å². The maximum Gasteiger partial charge on any atom is 0.341 e. The van der Waals surface area contributed by atoms with Gasteiger partial charge in [0.15, 0.2) is 5.75 Å². The lowest BCUT2D eigenvalue weighted by molar-refractivity contribution is -0.169. The number of unbranched alkanes of at least 4 members (excludes halogenated alkanes) is 1. The van der Waals surface area contributed by atoms with Crippen LogP contribution in [0.3, 0.4) is 0 Å².